The standard InChI is InChI=1S/C18H23N9O2.C2HF3O2/c19-10-1-3-11(4-2-10)21-16-24-14-9(7-13-15(28)25-18(29)23-13)8-20-27(14)17(26-16)22-12-5-6-12;3-2(4,5)1(6)7/h7-8,10-12H,1-6,19H2,(H2,21,22,24,26)(H2,23,25,28,29);(H,6,7)/b13-7-;. The van der Waals surface area contributed by atoms with Crippen LogP contribution in [-0.2, 0) is 9.59 Å². The number of fused-ring (bicyclic) bond motifs is 1. The number of halogens is 3. The zero-order chi connectivity index (χ0) is 26.0. The second-order valence-electron chi connectivity index (χ2n) is 8.65. The molecule has 2 aromatic rings. The Labute approximate surface area is 201 Å². The van der Waals surface area contributed by atoms with Gasteiger partial charge in [-0.2, -0.15) is 32.8 Å². The molecule has 194 valence electrons. The zero-order valence-corrected chi connectivity index (χ0v) is 18.8. The van der Waals surface area contributed by atoms with Gasteiger partial charge in [0.25, 0.3) is 5.91 Å². The van der Waals surface area contributed by atoms with Gasteiger partial charge in [-0.1, -0.05) is 0 Å². The minimum atomic E-state index is -5.08. The molecule has 0 atom stereocenters. The van der Waals surface area contributed by atoms with Crippen LogP contribution in [0.4, 0.5) is 29.9 Å². The maximum atomic E-state index is 11.9. The second kappa shape index (κ2) is 9.96. The van der Waals surface area contributed by atoms with Crippen molar-refractivity contribution in [2.45, 2.75) is 62.8 Å². The van der Waals surface area contributed by atoms with E-state index in [0.717, 1.165) is 38.5 Å². The van der Waals surface area contributed by atoms with E-state index < -0.39 is 24.1 Å². The molecular weight excluding hydrogens is 487 g/mol. The first-order valence-corrected chi connectivity index (χ1v) is 11.2. The number of alkyl halides is 3. The molecule has 2 aliphatic carbocycles. The summed E-state index contributed by atoms with van der Waals surface area (Å²) >= 11 is 0. The first-order chi connectivity index (χ1) is 17.0. The molecule has 13 nitrogen and oxygen atoms in total. The van der Waals surface area contributed by atoms with Crippen LogP contribution >= 0.6 is 0 Å². The van der Waals surface area contributed by atoms with Crippen molar-refractivity contribution in [3.05, 3.63) is 17.5 Å². The van der Waals surface area contributed by atoms with Gasteiger partial charge in [0.15, 0.2) is 5.65 Å². The number of imide groups is 1. The molecular formula is C20H24F3N9O4. The van der Waals surface area contributed by atoms with Crippen LogP contribution in [0.3, 0.4) is 0 Å². The fraction of sp³-hybridized carbons (Fsp3) is 0.500. The van der Waals surface area contributed by atoms with Gasteiger partial charge in [0.1, 0.15) is 5.70 Å². The lowest BCUT2D eigenvalue weighted by atomic mass is 9.92. The Kier molecular flexibility index (Phi) is 6.96. The summed E-state index contributed by atoms with van der Waals surface area (Å²) in [5.74, 6) is -2.11. The van der Waals surface area contributed by atoms with Gasteiger partial charge in [-0.25, -0.2) is 9.59 Å². The van der Waals surface area contributed by atoms with Gasteiger partial charge in [0, 0.05) is 23.7 Å². The van der Waals surface area contributed by atoms with Crippen LogP contribution in [0.2, 0.25) is 0 Å². The SMILES string of the molecule is NC1CCC(Nc2nc(NC3CC3)n3ncc(/C=C4\NC(=O)NC4=O)c3n2)CC1.O=C(O)C(F)(F)F. The first kappa shape index (κ1) is 25.2. The van der Waals surface area contributed by atoms with Gasteiger partial charge in [0.2, 0.25) is 11.9 Å². The van der Waals surface area contributed by atoms with Crippen LogP contribution in [-0.4, -0.2) is 66.9 Å². The molecule has 0 spiro atoms. The lowest BCUT2D eigenvalue weighted by molar-refractivity contribution is -0.192. The highest BCUT2D eigenvalue weighted by Crippen LogP contribution is 2.27. The highest BCUT2D eigenvalue weighted by Gasteiger charge is 2.38. The quantitative estimate of drug-likeness (QED) is 0.251. The molecule has 2 aromatic heterocycles. The largest absolute Gasteiger partial charge is 0.490 e. The predicted molar refractivity (Wildman–Crippen MR) is 120 cm³/mol. The van der Waals surface area contributed by atoms with Gasteiger partial charge in [-0.3, -0.25) is 10.1 Å². The fourth-order valence-corrected chi connectivity index (χ4v) is 3.65. The number of nitrogens with zero attached hydrogens (tertiary/aromatic N) is 4. The molecule has 2 saturated carbocycles. The summed E-state index contributed by atoms with van der Waals surface area (Å²) in [6, 6.07) is 0.390. The van der Waals surface area contributed by atoms with Crippen molar-refractivity contribution in [2.75, 3.05) is 10.6 Å². The average Bonchev–Trinajstić information content (AvgIpc) is 3.43. The molecule has 5 rings (SSSR count). The van der Waals surface area contributed by atoms with Crippen LogP contribution in [0.1, 0.15) is 44.1 Å². The number of hydrogen-bond donors (Lipinski definition) is 6. The van der Waals surface area contributed by atoms with Crippen molar-refractivity contribution in [3.63, 3.8) is 0 Å². The van der Waals surface area contributed by atoms with E-state index in [-0.39, 0.29) is 17.8 Å². The number of carboxylic acid groups (broad SMARTS) is 1. The van der Waals surface area contributed by atoms with Crippen molar-refractivity contribution in [1.29, 1.82) is 0 Å². The number of carboxylic acids is 1. The van der Waals surface area contributed by atoms with E-state index in [1.807, 2.05) is 0 Å². The number of aliphatic carboxylic acids is 1. The summed E-state index contributed by atoms with van der Waals surface area (Å²) in [4.78, 5) is 41.4. The molecule has 0 unspecified atom stereocenters. The molecule has 7 N–H and O–H groups in total. The Bertz CT molecular complexity index is 1200. The third kappa shape index (κ3) is 6.18. The Morgan fingerprint density at radius 1 is 1.08 bits per heavy atom. The molecule has 0 radical (unpaired) electrons. The van der Waals surface area contributed by atoms with Crippen molar-refractivity contribution in [3.8, 4) is 0 Å². The highest BCUT2D eigenvalue weighted by molar-refractivity contribution is 6.14. The minimum absolute atomic E-state index is 0.163. The van der Waals surface area contributed by atoms with E-state index >= 15 is 0 Å². The van der Waals surface area contributed by atoms with Gasteiger partial charge in [0.05, 0.1) is 6.20 Å². The van der Waals surface area contributed by atoms with E-state index in [9.17, 15) is 22.8 Å². The Hall–Kier alpha value is -3.95. The number of rotatable bonds is 5. The lowest BCUT2D eigenvalue weighted by Gasteiger charge is -2.26. The summed E-state index contributed by atoms with van der Waals surface area (Å²) in [7, 11) is 0. The van der Waals surface area contributed by atoms with E-state index in [2.05, 4.69) is 36.3 Å². The number of aromatic nitrogens is 4. The third-order valence-corrected chi connectivity index (χ3v) is 5.67. The molecule has 3 fully saturated rings. The number of nitrogens with one attached hydrogen (secondary N) is 4. The number of carbonyl (C=O) groups excluding carboxylic acids is 2. The van der Waals surface area contributed by atoms with E-state index in [0.29, 0.717) is 29.1 Å². The Morgan fingerprint density at radius 3 is 2.25 bits per heavy atom. The lowest BCUT2D eigenvalue weighted by Crippen LogP contribution is -2.33. The van der Waals surface area contributed by atoms with Crippen LogP contribution in [0.25, 0.3) is 11.7 Å². The van der Waals surface area contributed by atoms with Gasteiger partial charge >= 0.3 is 18.2 Å². The maximum absolute atomic E-state index is 11.9. The smallest absolute Gasteiger partial charge is 0.475 e. The fourth-order valence-electron chi connectivity index (χ4n) is 3.65. The average molecular weight is 511 g/mol. The van der Waals surface area contributed by atoms with Crippen molar-refractivity contribution in [1.82, 2.24) is 30.2 Å². The molecule has 36 heavy (non-hydrogen) atoms. The van der Waals surface area contributed by atoms with Crippen LogP contribution in [0, 0.1) is 0 Å². The maximum Gasteiger partial charge on any atom is 0.490 e. The summed E-state index contributed by atoms with van der Waals surface area (Å²) < 4.78 is 33.4. The summed E-state index contributed by atoms with van der Waals surface area (Å²) in [6.45, 7) is 0. The van der Waals surface area contributed by atoms with Crippen molar-refractivity contribution < 1.29 is 32.7 Å². The van der Waals surface area contributed by atoms with Gasteiger partial charge in [-0.15, -0.1) is 0 Å². The van der Waals surface area contributed by atoms with Crippen LogP contribution in [0.5, 0.6) is 0 Å². The second-order valence-corrected chi connectivity index (χ2v) is 8.65. The number of urea groups is 1. The number of anilines is 2. The van der Waals surface area contributed by atoms with Crippen molar-refractivity contribution in [2.24, 2.45) is 5.73 Å². The molecule has 0 bridgehead atoms. The monoisotopic (exact) mass is 511 g/mol. The van der Waals surface area contributed by atoms with Crippen LogP contribution in [0.15, 0.2) is 11.9 Å². The number of hydrogen-bond acceptors (Lipinski definition) is 9. The van der Waals surface area contributed by atoms with Crippen molar-refractivity contribution >= 4 is 41.5 Å². The van der Waals surface area contributed by atoms with E-state index in [1.165, 1.54) is 0 Å². The molecule has 1 aliphatic heterocycles. The normalized spacial score (nSPS) is 23.1. The van der Waals surface area contributed by atoms with E-state index in [4.69, 9.17) is 15.6 Å². The van der Waals surface area contributed by atoms with Gasteiger partial charge < -0.3 is 26.8 Å². The van der Waals surface area contributed by atoms with E-state index in [1.54, 1.807) is 16.8 Å². The van der Waals surface area contributed by atoms with Crippen LogP contribution < -0.4 is 27.0 Å². The third-order valence-electron chi connectivity index (χ3n) is 5.67. The zero-order valence-electron chi connectivity index (χ0n) is 18.8. The molecule has 3 amide bonds. The number of amides is 3. The number of carbonyl (C=O) groups is 3. The topological polar surface area (TPSA) is 189 Å². The molecule has 3 heterocycles. The first-order valence-electron chi connectivity index (χ1n) is 11.2. The van der Waals surface area contributed by atoms with Gasteiger partial charge in [-0.05, 0) is 44.6 Å². The Balaban J connectivity index is 0.000000384. The summed E-state index contributed by atoms with van der Waals surface area (Å²) in [6.07, 6.45) is 4.19. The summed E-state index contributed by atoms with van der Waals surface area (Å²) in [5.41, 5.74) is 7.34. The molecule has 3 aliphatic rings. The Morgan fingerprint density at radius 2 is 1.69 bits per heavy atom. The summed E-state index contributed by atoms with van der Waals surface area (Å²) in [5, 5.41) is 23.0. The highest BCUT2D eigenvalue weighted by atomic mass is 19.4. The molecule has 1 saturated heterocycles. The molecule has 16 heteroatoms. The minimum Gasteiger partial charge on any atom is -0.475 e. The number of nitrogens with two attached hydrogens (primary N) is 1. The predicted octanol–water partition coefficient (Wildman–Crippen LogP) is 1.19. The molecule has 0 aromatic carbocycles.